The van der Waals surface area contributed by atoms with Crippen LogP contribution in [0.1, 0.15) is 42.3 Å². The van der Waals surface area contributed by atoms with Gasteiger partial charge in [-0.1, -0.05) is 6.07 Å². The number of piperidine rings is 2. The van der Waals surface area contributed by atoms with Crippen molar-refractivity contribution in [2.24, 2.45) is 11.8 Å². The second kappa shape index (κ2) is 7.52. The molecule has 5 rings (SSSR count). The number of nitrogens with zero attached hydrogens (tertiary/aromatic N) is 5. The summed E-state index contributed by atoms with van der Waals surface area (Å²) in [5.41, 5.74) is 3.09. The summed E-state index contributed by atoms with van der Waals surface area (Å²) in [7, 11) is 0. The van der Waals surface area contributed by atoms with E-state index < -0.39 is 0 Å². The highest BCUT2D eigenvalue weighted by Crippen LogP contribution is 2.36. The Labute approximate surface area is 176 Å². The lowest BCUT2D eigenvalue weighted by Gasteiger charge is -2.44. The van der Waals surface area contributed by atoms with E-state index in [0.717, 1.165) is 68.5 Å². The number of pyridine rings is 1. The van der Waals surface area contributed by atoms with E-state index in [4.69, 9.17) is 0 Å². The van der Waals surface area contributed by atoms with E-state index in [1.165, 1.54) is 0 Å². The maximum atomic E-state index is 13.5. The summed E-state index contributed by atoms with van der Waals surface area (Å²) >= 11 is 0. The number of fused-ring (bicyclic) bond motifs is 4. The van der Waals surface area contributed by atoms with E-state index in [1.54, 1.807) is 6.07 Å². The van der Waals surface area contributed by atoms with Gasteiger partial charge in [-0.2, -0.15) is 0 Å². The van der Waals surface area contributed by atoms with E-state index in [2.05, 4.69) is 25.8 Å². The molecule has 30 heavy (non-hydrogen) atoms. The maximum Gasteiger partial charge on any atom is 0.250 e. The first-order valence-electron chi connectivity index (χ1n) is 11.0. The van der Waals surface area contributed by atoms with Gasteiger partial charge in [0.05, 0.1) is 5.92 Å². The molecule has 3 unspecified atom stereocenters. The molecule has 5 heterocycles. The van der Waals surface area contributed by atoms with Gasteiger partial charge in [-0.3, -0.25) is 9.59 Å². The molecule has 0 N–H and O–H groups in total. The Balaban J connectivity index is 1.32. The number of hydrogen-bond acceptors (Lipinski definition) is 5. The van der Waals surface area contributed by atoms with Crippen molar-refractivity contribution in [1.29, 1.82) is 0 Å². The van der Waals surface area contributed by atoms with Crippen molar-refractivity contribution in [3.05, 3.63) is 51.7 Å². The second-order valence-corrected chi connectivity index (χ2v) is 9.18. The van der Waals surface area contributed by atoms with E-state index in [1.807, 2.05) is 30.5 Å². The second-order valence-electron chi connectivity index (χ2n) is 9.18. The maximum absolute atomic E-state index is 13.5. The van der Waals surface area contributed by atoms with Gasteiger partial charge in [-0.05, 0) is 51.2 Å². The third kappa shape index (κ3) is 3.50. The Kier molecular flexibility index (Phi) is 4.83. The van der Waals surface area contributed by atoms with E-state index in [-0.39, 0.29) is 23.3 Å². The van der Waals surface area contributed by atoms with E-state index in [9.17, 15) is 9.59 Å². The normalized spacial score (nSPS) is 25.7. The number of likely N-dealkylation sites (tertiary alicyclic amines) is 1. The number of hydrogen-bond donors (Lipinski definition) is 0. The molecule has 7 heteroatoms. The molecule has 2 aromatic heterocycles. The van der Waals surface area contributed by atoms with Crippen molar-refractivity contribution in [1.82, 2.24) is 19.4 Å². The summed E-state index contributed by atoms with van der Waals surface area (Å²) in [6.45, 7) is 7.75. The van der Waals surface area contributed by atoms with Crippen LogP contribution in [0.15, 0.2) is 29.1 Å². The molecule has 1 amide bonds. The van der Waals surface area contributed by atoms with Crippen LogP contribution in [-0.2, 0) is 11.3 Å². The molecular formula is C23H29N5O2. The minimum atomic E-state index is -0.0139. The average molecular weight is 408 g/mol. The molecule has 2 aromatic rings. The van der Waals surface area contributed by atoms with Gasteiger partial charge in [0.2, 0.25) is 11.9 Å². The fraction of sp³-hybridized carbons (Fsp3) is 0.565. The van der Waals surface area contributed by atoms with Gasteiger partial charge >= 0.3 is 0 Å². The zero-order chi connectivity index (χ0) is 20.8. The molecule has 3 aliphatic rings. The van der Waals surface area contributed by atoms with Gasteiger partial charge in [-0.15, -0.1) is 0 Å². The standard InChI is InChI=1S/C23H29N5O2/c1-15-9-16(2)25-23(24-15)26-8-4-5-18(13-26)22(30)27-11-17-10-19(14-27)20-6-3-7-21(29)28(20)12-17/h3,6-7,9,17-19H,4-5,8,10-14H2,1-2H3. The summed E-state index contributed by atoms with van der Waals surface area (Å²) in [6.07, 6.45) is 2.97. The number of rotatable bonds is 2. The SMILES string of the molecule is Cc1cc(C)nc(N2CCCC(C(=O)N3CC4CC(C3)c3cccc(=O)n3C4)C2)n1. The third-order valence-corrected chi connectivity index (χ3v) is 6.82. The highest BCUT2D eigenvalue weighted by Gasteiger charge is 2.39. The Bertz CT molecular complexity index is 1010. The molecule has 2 saturated heterocycles. The number of anilines is 1. The fourth-order valence-corrected chi connectivity index (χ4v) is 5.54. The summed E-state index contributed by atoms with van der Waals surface area (Å²) in [6, 6.07) is 7.51. The molecule has 0 aromatic carbocycles. The monoisotopic (exact) mass is 407 g/mol. The minimum Gasteiger partial charge on any atom is -0.341 e. The van der Waals surface area contributed by atoms with Gasteiger partial charge in [0.15, 0.2) is 0 Å². The lowest BCUT2D eigenvalue weighted by atomic mass is 9.82. The summed E-state index contributed by atoms with van der Waals surface area (Å²) in [5, 5.41) is 0. The van der Waals surface area contributed by atoms with Gasteiger partial charge < -0.3 is 14.4 Å². The van der Waals surface area contributed by atoms with Crippen LogP contribution < -0.4 is 10.5 Å². The molecular weight excluding hydrogens is 378 g/mol. The van der Waals surface area contributed by atoms with Crippen molar-refractivity contribution in [2.75, 3.05) is 31.1 Å². The first kappa shape index (κ1) is 19.3. The molecule has 3 aliphatic heterocycles. The topological polar surface area (TPSA) is 71.3 Å². The van der Waals surface area contributed by atoms with Crippen LogP contribution in [0.2, 0.25) is 0 Å². The lowest BCUT2D eigenvalue weighted by molar-refractivity contribution is -0.138. The molecule has 0 aliphatic carbocycles. The van der Waals surface area contributed by atoms with Crippen LogP contribution in [0.25, 0.3) is 0 Å². The Morgan fingerprint density at radius 1 is 1.07 bits per heavy atom. The van der Waals surface area contributed by atoms with Gasteiger partial charge in [0.1, 0.15) is 0 Å². The van der Waals surface area contributed by atoms with Gasteiger partial charge in [-0.25, -0.2) is 9.97 Å². The summed E-state index contributed by atoms with van der Waals surface area (Å²) in [5.74, 6) is 1.61. The van der Waals surface area contributed by atoms with Crippen molar-refractivity contribution in [3.8, 4) is 0 Å². The highest BCUT2D eigenvalue weighted by molar-refractivity contribution is 5.80. The van der Waals surface area contributed by atoms with Crippen molar-refractivity contribution in [2.45, 2.75) is 45.6 Å². The fourth-order valence-electron chi connectivity index (χ4n) is 5.54. The van der Waals surface area contributed by atoms with Gasteiger partial charge in [0, 0.05) is 61.8 Å². The smallest absolute Gasteiger partial charge is 0.250 e. The molecule has 7 nitrogen and oxygen atoms in total. The predicted octanol–water partition coefficient (Wildman–Crippen LogP) is 2.12. The van der Waals surface area contributed by atoms with Crippen LogP contribution in [-0.4, -0.2) is 51.5 Å². The lowest BCUT2D eigenvalue weighted by Crippen LogP contribution is -2.52. The zero-order valence-corrected chi connectivity index (χ0v) is 17.8. The van der Waals surface area contributed by atoms with Gasteiger partial charge in [0.25, 0.3) is 5.56 Å². The molecule has 0 spiro atoms. The molecule has 2 bridgehead atoms. The number of carbonyl (C=O) groups is 1. The third-order valence-electron chi connectivity index (χ3n) is 6.82. The number of aryl methyl sites for hydroxylation is 2. The Hall–Kier alpha value is -2.70. The van der Waals surface area contributed by atoms with Crippen LogP contribution in [0, 0.1) is 25.7 Å². The van der Waals surface area contributed by atoms with Crippen molar-refractivity contribution < 1.29 is 4.79 Å². The van der Waals surface area contributed by atoms with Crippen molar-refractivity contribution in [3.63, 3.8) is 0 Å². The zero-order valence-electron chi connectivity index (χ0n) is 17.8. The molecule has 3 atom stereocenters. The van der Waals surface area contributed by atoms with Crippen LogP contribution in [0.5, 0.6) is 0 Å². The first-order chi connectivity index (χ1) is 14.5. The van der Waals surface area contributed by atoms with E-state index in [0.29, 0.717) is 12.5 Å². The summed E-state index contributed by atoms with van der Waals surface area (Å²) < 4.78 is 1.92. The summed E-state index contributed by atoms with van der Waals surface area (Å²) in [4.78, 5) is 39.1. The molecule has 0 radical (unpaired) electrons. The van der Waals surface area contributed by atoms with Crippen LogP contribution in [0.3, 0.4) is 0 Å². The molecule has 0 saturated carbocycles. The number of amides is 1. The largest absolute Gasteiger partial charge is 0.341 e. The van der Waals surface area contributed by atoms with Crippen LogP contribution >= 0.6 is 0 Å². The molecule has 2 fully saturated rings. The van der Waals surface area contributed by atoms with Crippen LogP contribution in [0.4, 0.5) is 5.95 Å². The minimum absolute atomic E-state index is 0.0139. The Morgan fingerprint density at radius 3 is 2.67 bits per heavy atom. The Morgan fingerprint density at radius 2 is 1.87 bits per heavy atom. The quantitative estimate of drug-likeness (QED) is 0.763. The number of carbonyl (C=O) groups excluding carboxylic acids is 1. The van der Waals surface area contributed by atoms with Crippen molar-refractivity contribution >= 4 is 11.9 Å². The number of aromatic nitrogens is 3. The molecule has 158 valence electrons. The highest BCUT2D eigenvalue weighted by atomic mass is 16.2. The first-order valence-corrected chi connectivity index (χ1v) is 11.0. The predicted molar refractivity (Wildman–Crippen MR) is 115 cm³/mol. The average Bonchev–Trinajstić information content (AvgIpc) is 2.73. The van der Waals surface area contributed by atoms with E-state index >= 15 is 0 Å².